The number of allylic oxidation sites excluding steroid dienone is 8. The van der Waals surface area contributed by atoms with Gasteiger partial charge in [0.2, 0.25) is 5.91 Å². The molecule has 1 rings (SSSR count). The van der Waals surface area contributed by atoms with Crippen molar-refractivity contribution in [3.63, 3.8) is 0 Å². The van der Waals surface area contributed by atoms with Gasteiger partial charge in [0.25, 0.3) is 0 Å². The second kappa shape index (κ2) is 28.7. The highest BCUT2D eigenvalue weighted by Crippen LogP contribution is 2.23. The van der Waals surface area contributed by atoms with Crippen LogP contribution >= 0.6 is 0 Å². The number of amides is 1. The number of hydrogen-bond donors (Lipinski definition) is 8. The molecule has 284 valence electrons. The minimum Gasteiger partial charge on any atom is -0.394 e. The van der Waals surface area contributed by atoms with Crippen molar-refractivity contribution in [3.05, 3.63) is 48.6 Å². The second-order valence-electron chi connectivity index (χ2n) is 12.9. The summed E-state index contributed by atoms with van der Waals surface area (Å²) in [4.78, 5) is 12.9. The summed E-state index contributed by atoms with van der Waals surface area (Å²) >= 11 is 0. The number of carbonyl (C=O) groups is 1. The molecule has 0 aromatic rings. The second-order valence-corrected chi connectivity index (χ2v) is 12.9. The first-order valence-corrected chi connectivity index (χ1v) is 18.5. The van der Waals surface area contributed by atoms with Gasteiger partial charge in [-0.3, -0.25) is 4.79 Å². The van der Waals surface area contributed by atoms with Crippen LogP contribution in [0, 0.1) is 0 Å². The summed E-state index contributed by atoms with van der Waals surface area (Å²) in [5.74, 6) is -0.755. The fourth-order valence-corrected chi connectivity index (χ4v) is 5.36. The van der Waals surface area contributed by atoms with Crippen LogP contribution in [0.1, 0.15) is 117 Å². The van der Waals surface area contributed by atoms with Crippen molar-refractivity contribution in [2.45, 2.75) is 172 Å². The van der Waals surface area contributed by atoms with Crippen LogP contribution in [0.2, 0.25) is 0 Å². The van der Waals surface area contributed by atoms with Gasteiger partial charge >= 0.3 is 0 Å². The molecule has 1 saturated heterocycles. The average Bonchev–Trinajstić information content (AvgIpc) is 3.10. The third kappa shape index (κ3) is 19.9. The van der Waals surface area contributed by atoms with Crippen molar-refractivity contribution in [2.24, 2.45) is 0 Å². The van der Waals surface area contributed by atoms with E-state index < -0.39 is 74.2 Å². The predicted octanol–water partition coefficient (Wildman–Crippen LogP) is 3.88. The van der Waals surface area contributed by atoms with Gasteiger partial charge in [0.1, 0.15) is 36.6 Å². The standard InChI is InChI=1S/C38H67NO10/c1-3-5-7-9-11-13-14-15-16-17-18-20-21-23-25-30(41)33(43)29(28-48-38-36(46)35(45)34(44)32(27-40)49-38)39-37(47)31(42)26-24-22-19-12-10-8-6-4-2/h7,9,14-15,18-20,22,29-36,38,40-46H,3-6,8,10-13,16-17,21,23-28H2,1-2H3,(H,39,47)/b9-7+,15-14+,20-18+,22-19-. The Morgan fingerprint density at radius 3 is 1.86 bits per heavy atom. The Morgan fingerprint density at radius 1 is 0.694 bits per heavy atom. The van der Waals surface area contributed by atoms with Crippen molar-refractivity contribution < 1.29 is 50.0 Å². The Labute approximate surface area is 294 Å². The first-order valence-electron chi connectivity index (χ1n) is 18.5. The smallest absolute Gasteiger partial charge is 0.249 e. The molecule has 0 spiro atoms. The van der Waals surface area contributed by atoms with Gasteiger partial charge in [-0.1, -0.05) is 88.1 Å². The minimum absolute atomic E-state index is 0.161. The topological polar surface area (TPSA) is 189 Å². The molecule has 0 bridgehead atoms. The highest BCUT2D eigenvalue weighted by molar-refractivity contribution is 5.80. The number of ether oxygens (including phenoxy) is 2. The van der Waals surface area contributed by atoms with E-state index in [0.29, 0.717) is 19.3 Å². The lowest BCUT2D eigenvalue weighted by molar-refractivity contribution is -0.303. The van der Waals surface area contributed by atoms with Gasteiger partial charge < -0.3 is 50.5 Å². The fourth-order valence-electron chi connectivity index (χ4n) is 5.36. The van der Waals surface area contributed by atoms with Crippen molar-refractivity contribution >= 4 is 5.91 Å². The molecule has 0 radical (unpaired) electrons. The molecule has 0 aromatic heterocycles. The van der Waals surface area contributed by atoms with E-state index in [4.69, 9.17) is 9.47 Å². The number of aliphatic hydroxyl groups is 7. The van der Waals surface area contributed by atoms with E-state index in [1.54, 1.807) is 0 Å². The molecule has 9 atom stereocenters. The zero-order chi connectivity index (χ0) is 36.3. The molecule has 0 saturated carbocycles. The quantitative estimate of drug-likeness (QED) is 0.0440. The summed E-state index contributed by atoms with van der Waals surface area (Å²) in [5, 5.41) is 74.9. The first kappa shape index (κ1) is 45.1. The van der Waals surface area contributed by atoms with Crippen molar-refractivity contribution in [1.82, 2.24) is 5.32 Å². The van der Waals surface area contributed by atoms with Crippen LogP contribution < -0.4 is 5.32 Å². The molecule has 1 amide bonds. The molecule has 49 heavy (non-hydrogen) atoms. The molecule has 1 aliphatic heterocycles. The Morgan fingerprint density at radius 2 is 1.27 bits per heavy atom. The van der Waals surface area contributed by atoms with Gasteiger partial charge in [-0.15, -0.1) is 0 Å². The Balaban J connectivity index is 2.65. The van der Waals surface area contributed by atoms with E-state index in [1.807, 2.05) is 18.2 Å². The molecule has 0 aliphatic carbocycles. The summed E-state index contributed by atoms with van der Waals surface area (Å²) in [6.07, 6.45) is 19.2. The fraction of sp³-hybridized carbons (Fsp3) is 0.763. The molecule has 1 fully saturated rings. The molecule has 8 N–H and O–H groups in total. The lowest BCUT2D eigenvalue weighted by Crippen LogP contribution is -2.60. The van der Waals surface area contributed by atoms with Gasteiger partial charge in [0.05, 0.1) is 25.4 Å². The lowest BCUT2D eigenvalue weighted by atomic mass is 9.99. The number of hydrogen-bond acceptors (Lipinski definition) is 10. The minimum atomic E-state index is -1.68. The molecule has 0 aromatic carbocycles. The molecule has 9 unspecified atom stereocenters. The van der Waals surface area contributed by atoms with Crippen LogP contribution in [-0.4, -0.2) is 110 Å². The zero-order valence-electron chi connectivity index (χ0n) is 29.9. The third-order valence-electron chi connectivity index (χ3n) is 8.55. The van der Waals surface area contributed by atoms with Gasteiger partial charge in [-0.05, 0) is 77.0 Å². The Hall–Kier alpha value is -1.93. The predicted molar refractivity (Wildman–Crippen MR) is 191 cm³/mol. The zero-order valence-corrected chi connectivity index (χ0v) is 29.9. The van der Waals surface area contributed by atoms with E-state index in [9.17, 15) is 40.5 Å². The van der Waals surface area contributed by atoms with Gasteiger partial charge in [-0.25, -0.2) is 0 Å². The van der Waals surface area contributed by atoms with Crippen molar-refractivity contribution in [1.29, 1.82) is 0 Å². The lowest BCUT2D eigenvalue weighted by Gasteiger charge is -2.40. The summed E-state index contributed by atoms with van der Waals surface area (Å²) in [7, 11) is 0. The van der Waals surface area contributed by atoms with Gasteiger partial charge in [0, 0.05) is 0 Å². The number of carbonyl (C=O) groups excluding carboxylic acids is 1. The summed E-state index contributed by atoms with van der Waals surface area (Å²) < 4.78 is 11.0. The van der Waals surface area contributed by atoms with Gasteiger partial charge in [0.15, 0.2) is 6.29 Å². The molecule has 1 heterocycles. The van der Waals surface area contributed by atoms with Gasteiger partial charge in [-0.2, -0.15) is 0 Å². The normalized spacial score (nSPS) is 24.3. The first-order chi connectivity index (χ1) is 23.7. The molecular weight excluding hydrogens is 630 g/mol. The van der Waals surface area contributed by atoms with E-state index in [1.165, 1.54) is 25.7 Å². The molecular formula is C38H67NO10. The van der Waals surface area contributed by atoms with Crippen LogP contribution in [0.3, 0.4) is 0 Å². The monoisotopic (exact) mass is 697 g/mol. The SMILES string of the molecule is CCC/C=C/CC/C=C/CC/C=C/CCCC(O)C(O)C(COC1OC(CO)C(O)C(O)C1O)NC(=O)C(O)CC/C=C\CCCCCC. The van der Waals surface area contributed by atoms with Crippen LogP contribution in [-0.2, 0) is 14.3 Å². The van der Waals surface area contributed by atoms with E-state index in [2.05, 4.69) is 49.5 Å². The van der Waals surface area contributed by atoms with Crippen LogP contribution in [0.15, 0.2) is 48.6 Å². The molecule has 11 nitrogen and oxygen atoms in total. The number of unbranched alkanes of at least 4 members (excludes halogenated alkanes) is 8. The number of aliphatic hydroxyl groups excluding tert-OH is 7. The van der Waals surface area contributed by atoms with Crippen LogP contribution in [0.5, 0.6) is 0 Å². The summed E-state index contributed by atoms with van der Waals surface area (Å²) in [5.41, 5.74) is 0. The third-order valence-corrected chi connectivity index (χ3v) is 8.55. The van der Waals surface area contributed by atoms with Crippen LogP contribution in [0.25, 0.3) is 0 Å². The summed E-state index contributed by atoms with van der Waals surface area (Å²) in [6.45, 7) is 3.22. The van der Waals surface area contributed by atoms with Crippen LogP contribution in [0.4, 0.5) is 0 Å². The Kier molecular flexibility index (Phi) is 26.4. The highest BCUT2D eigenvalue weighted by Gasteiger charge is 2.44. The van der Waals surface area contributed by atoms with E-state index >= 15 is 0 Å². The van der Waals surface area contributed by atoms with Crippen molar-refractivity contribution in [3.8, 4) is 0 Å². The maximum atomic E-state index is 12.9. The molecule has 11 heteroatoms. The number of rotatable bonds is 28. The Bertz CT molecular complexity index is 939. The maximum absolute atomic E-state index is 12.9. The maximum Gasteiger partial charge on any atom is 0.249 e. The highest BCUT2D eigenvalue weighted by atomic mass is 16.7. The summed E-state index contributed by atoms with van der Waals surface area (Å²) in [6, 6.07) is -1.21. The molecule has 1 aliphatic rings. The number of nitrogens with one attached hydrogen (secondary N) is 1. The largest absolute Gasteiger partial charge is 0.394 e. The van der Waals surface area contributed by atoms with E-state index in [0.717, 1.165) is 44.9 Å². The van der Waals surface area contributed by atoms with Crippen molar-refractivity contribution in [2.75, 3.05) is 13.2 Å². The average molecular weight is 698 g/mol. The van der Waals surface area contributed by atoms with E-state index in [-0.39, 0.29) is 12.8 Å².